The first-order valence-electron chi connectivity index (χ1n) is 8.32. The van der Waals surface area contributed by atoms with E-state index in [1.54, 1.807) is 0 Å². The number of halogens is 1. The largest absolute Gasteiger partial charge is 0.494 e. The van der Waals surface area contributed by atoms with Gasteiger partial charge in [-0.15, -0.1) is 0 Å². The fourth-order valence-electron chi connectivity index (χ4n) is 3.59. The van der Waals surface area contributed by atoms with Gasteiger partial charge in [-0.3, -0.25) is 4.90 Å². The molecular formula is C19H19ClN2O2S. The van der Waals surface area contributed by atoms with Crippen LogP contribution in [0, 0.1) is 0 Å². The van der Waals surface area contributed by atoms with Crippen molar-refractivity contribution in [3.05, 3.63) is 53.1 Å². The third-order valence-electron chi connectivity index (χ3n) is 4.64. The average Bonchev–Trinajstić information content (AvgIpc) is 2.57. The molecule has 2 aliphatic heterocycles. The molecule has 0 radical (unpaired) electrons. The van der Waals surface area contributed by atoms with Crippen LogP contribution in [0.4, 0.5) is 5.69 Å². The summed E-state index contributed by atoms with van der Waals surface area (Å²) in [5.74, 6) is 1.68. The molecule has 2 aromatic rings. The van der Waals surface area contributed by atoms with Gasteiger partial charge in [-0.1, -0.05) is 11.6 Å². The van der Waals surface area contributed by atoms with Gasteiger partial charge in [-0.25, -0.2) is 0 Å². The summed E-state index contributed by atoms with van der Waals surface area (Å²) < 4.78 is 11.9. The number of hydrogen-bond donors (Lipinski definition) is 1. The number of anilines is 1. The van der Waals surface area contributed by atoms with E-state index in [9.17, 15) is 0 Å². The summed E-state index contributed by atoms with van der Waals surface area (Å²) in [6.45, 7) is 4.68. The van der Waals surface area contributed by atoms with Crippen molar-refractivity contribution >= 4 is 34.6 Å². The Morgan fingerprint density at radius 1 is 1.32 bits per heavy atom. The minimum Gasteiger partial charge on any atom is -0.494 e. The molecule has 1 fully saturated rings. The number of rotatable bonds is 3. The SMILES string of the molecule is CCOc1ccc(N2C(=S)NC3CC2(C)Oc2ccc(Cl)cc23)cc1. The third kappa shape index (κ3) is 2.81. The Balaban J connectivity index is 1.71. The number of thiocarbonyl (C=S) groups is 1. The van der Waals surface area contributed by atoms with Crippen molar-refractivity contribution < 1.29 is 9.47 Å². The van der Waals surface area contributed by atoms with E-state index in [0.717, 1.165) is 29.2 Å². The highest BCUT2D eigenvalue weighted by atomic mass is 35.5. The van der Waals surface area contributed by atoms with Crippen molar-refractivity contribution in [1.29, 1.82) is 0 Å². The maximum absolute atomic E-state index is 6.37. The van der Waals surface area contributed by atoms with Gasteiger partial charge in [0.2, 0.25) is 0 Å². The first kappa shape index (κ1) is 16.5. The first-order chi connectivity index (χ1) is 12.0. The monoisotopic (exact) mass is 374 g/mol. The van der Waals surface area contributed by atoms with Crippen LogP contribution in [-0.2, 0) is 0 Å². The van der Waals surface area contributed by atoms with E-state index < -0.39 is 5.72 Å². The number of benzene rings is 2. The number of hydrogen-bond acceptors (Lipinski definition) is 3. The van der Waals surface area contributed by atoms with Gasteiger partial charge in [0.25, 0.3) is 0 Å². The van der Waals surface area contributed by atoms with Gasteiger partial charge in [0.1, 0.15) is 11.5 Å². The van der Waals surface area contributed by atoms with E-state index in [0.29, 0.717) is 16.7 Å². The zero-order valence-corrected chi connectivity index (χ0v) is 15.7. The lowest BCUT2D eigenvalue weighted by Gasteiger charge is -2.52. The number of nitrogens with one attached hydrogen (secondary N) is 1. The molecule has 130 valence electrons. The molecule has 4 rings (SSSR count). The van der Waals surface area contributed by atoms with Crippen LogP contribution in [0.2, 0.25) is 5.02 Å². The molecule has 0 spiro atoms. The van der Waals surface area contributed by atoms with Crippen molar-refractivity contribution in [2.75, 3.05) is 11.5 Å². The maximum atomic E-state index is 6.37. The maximum Gasteiger partial charge on any atom is 0.188 e. The van der Waals surface area contributed by atoms with Crippen molar-refractivity contribution in [1.82, 2.24) is 5.32 Å². The van der Waals surface area contributed by atoms with E-state index in [1.165, 1.54) is 0 Å². The Morgan fingerprint density at radius 2 is 2.08 bits per heavy atom. The van der Waals surface area contributed by atoms with Gasteiger partial charge < -0.3 is 14.8 Å². The Kier molecular flexibility index (Phi) is 4.01. The zero-order valence-electron chi connectivity index (χ0n) is 14.1. The lowest BCUT2D eigenvalue weighted by molar-refractivity contribution is 0.0498. The minimum atomic E-state index is -0.555. The standard InChI is InChI=1S/C19H19ClN2O2S/c1-3-23-14-7-5-13(6-8-14)22-18(25)21-16-11-19(22,2)24-17-9-4-12(20)10-15(16)17/h4-10,16H,3,11H2,1-2H3,(H,21,25). The van der Waals surface area contributed by atoms with Crippen LogP contribution in [0.25, 0.3) is 0 Å². The smallest absolute Gasteiger partial charge is 0.188 e. The third-order valence-corrected chi connectivity index (χ3v) is 5.18. The summed E-state index contributed by atoms with van der Waals surface area (Å²) in [5, 5.41) is 4.78. The molecule has 2 aliphatic rings. The topological polar surface area (TPSA) is 33.7 Å². The van der Waals surface area contributed by atoms with Crippen LogP contribution in [0.1, 0.15) is 31.9 Å². The fourth-order valence-corrected chi connectivity index (χ4v) is 4.22. The first-order valence-corrected chi connectivity index (χ1v) is 9.11. The molecule has 2 aromatic carbocycles. The molecule has 2 bridgehead atoms. The van der Waals surface area contributed by atoms with Crippen LogP contribution >= 0.6 is 23.8 Å². The number of ether oxygens (including phenoxy) is 2. The zero-order chi connectivity index (χ0) is 17.6. The minimum absolute atomic E-state index is 0.0962. The molecule has 25 heavy (non-hydrogen) atoms. The Bertz CT molecular complexity index is 827. The molecule has 0 aliphatic carbocycles. The Morgan fingerprint density at radius 3 is 2.80 bits per heavy atom. The molecule has 2 heterocycles. The molecule has 0 aromatic heterocycles. The van der Waals surface area contributed by atoms with Gasteiger partial charge in [0.15, 0.2) is 10.8 Å². The molecule has 6 heteroatoms. The second-order valence-electron chi connectivity index (χ2n) is 6.43. The highest BCUT2D eigenvalue weighted by Crippen LogP contribution is 2.46. The lowest BCUT2D eigenvalue weighted by atomic mass is 9.90. The second kappa shape index (κ2) is 6.07. The molecule has 0 amide bonds. The van der Waals surface area contributed by atoms with Crippen LogP contribution in [0.5, 0.6) is 11.5 Å². The van der Waals surface area contributed by atoms with E-state index in [4.69, 9.17) is 33.3 Å². The average molecular weight is 375 g/mol. The summed E-state index contributed by atoms with van der Waals surface area (Å²) in [7, 11) is 0. The lowest BCUT2D eigenvalue weighted by Crippen LogP contribution is -2.65. The van der Waals surface area contributed by atoms with E-state index >= 15 is 0 Å². The molecule has 1 saturated heterocycles. The predicted octanol–water partition coefficient (Wildman–Crippen LogP) is 4.67. The molecule has 2 unspecified atom stereocenters. The Hall–Kier alpha value is -1.98. The number of nitrogens with zero attached hydrogens (tertiary/aromatic N) is 1. The van der Waals surface area contributed by atoms with Gasteiger partial charge in [-0.2, -0.15) is 0 Å². The summed E-state index contributed by atoms with van der Waals surface area (Å²) >= 11 is 11.8. The Labute approximate surface area is 157 Å². The molecular weight excluding hydrogens is 356 g/mol. The van der Waals surface area contributed by atoms with Gasteiger partial charge >= 0.3 is 0 Å². The van der Waals surface area contributed by atoms with Gasteiger partial charge in [0, 0.05) is 22.7 Å². The van der Waals surface area contributed by atoms with Crippen LogP contribution in [0.15, 0.2) is 42.5 Å². The second-order valence-corrected chi connectivity index (χ2v) is 7.25. The summed E-state index contributed by atoms with van der Waals surface area (Å²) in [6, 6.07) is 13.7. The molecule has 0 saturated carbocycles. The van der Waals surface area contributed by atoms with Crippen molar-refractivity contribution in [2.24, 2.45) is 0 Å². The van der Waals surface area contributed by atoms with E-state index in [-0.39, 0.29) is 6.04 Å². The molecule has 2 atom stereocenters. The highest BCUT2D eigenvalue weighted by Gasteiger charge is 2.48. The fraction of sp³-hybridized carbons (Fsp3) is 0.316. The van der Waals surface area contributed by atoms with Crippen LogP contribution in [-0.4, -0.2) is 17.4 Å². The summed E-state index contributed by atoms with van der Waals surface area (Å²) in [4.78, 5) is 2.03. The van der Waals surface area contributed by atoms with Crippen LogP contribution in [0.3, 0.4) is 0 Å². The van der Waals surface area contributed by atoms with E-state index in [1.807, 2.05) is 54.3 Å². The summed E-state index contributed by atoms with van der Waals surface area (Å²) in [6.07, 6.45) is 0.772. The highest BCUT2D eigenvalue weighted by molar-refractivity contribution is 7.80. The number of fused-ring (bicyclic) bond motifs is 4. The van der Waals surface area contributed by atoms with Crippen LogP contribution < -0.4 is 19.7 Å². The quantitative estimate of drug-likeness (QED) is 0.789. The summed E-state index contributed by atoms with van der Waals surface area (Å²) in [5.41, 5.74) is 1.47. The van der Waals surface area contributed by atoms with Crippen molar-refractivity contribution in [2.45, 2.75) is 32.0 Å². The van der Waals surface area contributed by atoms with Gasteiger partial charge in [0.05, 0.1) is 12.6 Å². The molecule has 4 nitrogen and oxygen atoms in total. The van der Waals surface area contributed by atoms with Gasteiger partial charge in [-0.05, 0) is 68.5 Å². The van der Waals surface area contributed by atoms with E-state index in [2.05, 4.69) is 12.2 Å². The van der Waals surface area contributed by atoms with Crippen molar-refractivity contribution in [3.63, 3.8) is 0 Å². The predicted molar refractivity (Wildman–Crippen MR) is 104 cm³/mol. The normalized spacial score (nSPS) is 24.2. The van der Waals surface area contributed by atoms with Crippen molar-refractivity contribution in [3.8, 4) is 11.5 Å². The molecule has 1 N–H and O–H groups in total.